The van der Waals surface area contributed by atoms with Gasteiger partial charge >= 0.3 is 0 Å². The van der Waals surface area contributed by atoms with Gasteiger partial charge in [0, 0.05) is 17.6 Å². The summed E-state index contributed by atoms with van der Waals surface area (Å²) in [5.41, 5.74) is 1.98. The van der Waals surface area contributed by atoms with Crippen LogP contribution in [0.5, 0.6) is 0 Å². The van der Waals surface area contributed by atoms with Crippen molar-refractivity contribution in [3.63, 3.8) is 0 Å². The molecule has 1 atom stereocenters. The number of thiazole rings is 1. The Morgan fingerprint density at radius 3 is 2.85 bits per heavy atom. The summed E-state index contributed by atoms with van der Waals surface area (Å²) in [6.45, 7) is 2.51. The van der Waals surface area contributed by atoms with Gasteiger partial charge in [-0.2, -0.15) is 5.26 Å². The van der Waals surface area contributed by atoms with E-state index in [0.717, 1.165) is 11.3 Å². The zero-order valence-electron chi connectivity index (χ0n) is 13.9. The molecule has 2 aromatic heterocycles. The van der Waals surface area contributed by atoms with Crippen molar-refractivity contribution in [1.29, 1.82) is 5.26 Å². The minimum atomic E-state index is -0.815. The molecule has 1 aromatic carbocycles. The Balaban J connectivity index is 1.52. The van der Waals surface area contributed by atoms with E-state index in [2.05, 4.69) is 26.6 Å². The van der Waals surface area contributed by atoms with Crippen LogP contribution < -0.4 is 5.32 Å². The van der Waals surface area contributed by atoms with Gasteiger partial charge in [0.25, 0.3) is 0 Å². The second-order valence-electron chi connectivity index (χ2n) is 5.36. The first-order valence-electron chi connectivity index (χ1n) is 7.74. The lowest BCUT2D eigenvalue weighted by atomic mass is 10.1. The fourth-order valence-corrected chi connectivity index (χ4v) is 4.61. The number of benzene rings is 1. The number of Topliss-reactive ketones (excluding diaryl/α,β-unsaturated/α-hetero) is 1. The molecule has 0 amide bonds. The van der Waals surface area contributed by atoms with Crippen LogP contribution in [0.4, 0.5) is 5.13 Å². The lowest BCUT2D eigenvalue weighted by Gasteiger charge is -2.03. The van der Waals surface area contributed by atoms with Crippen molar-refractivity contribution in [2.75, 3.05) is 11.1 Å². The molecule has 132 valence electrons. The fraction of sp³-hybridized carbons (Fsp3) is 0.235. The summed E-state index contributed by atoms with van der Waals surface area (Å²) in [7, 11) is 0. The van der Waals surface area contributed by atoms with Crippen molar-refractivity contribution >= 4 is 45.4 Å². The van der Waals surface area contributed by atoms with Crippen molar-refractivity contribution in [2.24, 2.45) is 0 Å². The minimum absolute atomic E-state index is 0.166. The smallest absolute Gasteiger partial charge is 0.206 e. The van der Waals surface area contributed by atoms with Gasteiger partial charge in [0.15, 0.2) is 16.0 Å². The quantitative estimate of drug-likeness (QED) is 0.573. The Morgan fingerprint density at radius 1 is 1.35 bits per heavy atom. The van der Waals surface area contributed by atoms with E-state index in [-0.39, 0.29) is 11.5 Å². The number of nitrogens with zero attached hydrogens (tertiary/aromatic N) is 4. The molecule has 0 aliphatic carbocycles. The molecular weight excluding hydrogens is 386 g/mol. The van der Waals surface area contributed by atoms with E-state index in [1.165, 1.54) is 34.4 Å². The number of aromatic nitrogens is 3. The van der Waals surface area contributed by atoms with E-state index >= 15 is 0 Å². The molecule has 1 N–H and O–H groups in total. The van der Waals surface area contributed by atoms with Gasteiger partial charge in [-0.15, -0.1) is 21.5 Å². The maximum atomic E-state index is 12.3. The van der Waals surface area contributed by atoms with Crippen LogP contribution in [0.2, 0.25) is 0 Å². The summed E-state index contributed by atoms with van der Waals surface area (Å²) in [6, 6.07) is 12.1. The standard InChI is InChI=1S/C17H15N5OS3/c1-11-9-24-15(20-11)13(7-18)14(23)10-25-17-22-21-16(26-17)19-8-12-5-3-2-4-6-12/h2-6,9,13H,8,10H2,1H3,(H,19,21)/t13-/m1/s1. The number of ketones is 1. The summed E-state index contributed by atoms with van der Waals surface area (Å²) in [6.07, 6.45) is 0. The van der Waals surface area contributed by atoms with Crippen LogP contribution in [-0.2, 0) is 11.3 Å². The molecule has 3 rings (SSSR count). The molecule has 0 radical (unpaired) electrons. The van der Waals surface area contributed by atoms with Gasteiger partial charge in [-0.3, -0.25) is 4.79 Å². The van der Waals surface area contributed by atoms with Crippen LogP contribution in [-0.4, -0.2) is 26.7 Å². The van der Waals surface area contributed by atoms with Crippen molar-refractivity contribution in [3.8, 4) is 6.07 Å². The van der Waals surface area contributed by atoms with Crippen molar-refractivity contribution in [2.45, 2.75) is 23.7 Å². The predicted octanol–water partition coefficient (Wildman–Crippen LogP) is 3.88. The number of rotatable bonds is 8. The van der Waals surface area contributed by atoms with Gasteiger partial charge in [-0.05, 0) is 12.5 Å². The van der Waals surface area contributed by atoms with E-state index in [1.54, 1.807) is 0 Å². The van der Waals surface area contributed by atoms with Gasteiger partial charge in [0.05, 0.1) is 11.8 Å². The molecule has 3 aromatic rings. The van der Waals surface area contributed by atoms with Crippen LogP contribution in [0.3, 0.4) is 0 Å². The van der Waals surface area contributed by atoms with Gasteiger partial charge in [0.2, 0.25) is 5.13 Å². The molecule has 2 heterocycles. The molecule has 0 saturated carbocycles. The first-order valence-corrected chi connectivity index (χ1v) is 10.4. The van der Waals surface area contributed by atoms with E-state index in [0.29, 0.717) is 21.0 Å². The Labute approximate surface area is 163 Å². The number of anilines is 1. The number of aryl methyl sites for hydroxylation is 1. The fourth-order valence-electron chi connectivity index (χ4n) is 2.10. The highest BCUT2D eigenvalue weighted by molar-refractivity contribution is 8.01. The second-order valence-corrected chi connectivity index (χ2v) is 8.45. The normalized spacial score (nSPS) is 11.7. The van der Waals surface area contributed by atoms with Crippen LogP contribution >= 0.6 is 34.4 Å². The number of thioether (sulfide) groups is 1. The number of hydrogen-bond acceptors (Lipinski definition) is 9. The molecular formula is C17H15N5OS3. The SMILES string of the molecule is Cc1csc([C@H](C#N)C(=O)CSc2nnc(NCc3ccccc3)s2)n1. The molecule has 0 aliphatic rings. The molecule has 0 aliphatic heterocycles. The number of carbonyl (C=O) groups is 1. The zero-order chi connectivity index (χ0) is 18.4. The second kappa shape index (κ2) is 8.89. The van der Waals surface area contributed by atoms with Crippen LogP contribution in [0, 0.1) is 18.3 Å². The lowest BCUT2D eigenvalue weighted by Crippen LogP contribution is -2.13. The van der Waals surface area contributed by atoms with Gasteiger partial charge < -0.3 is 5.32 Å². The highest BCUT2D eigenvalue weighted by Gasteiger charge is 2.23. The molecule has 26 heavy (non-hydrogen) atoms. The average molecular weight is 402 g/mol. The summed E-state index contributed by atoms with van der Waals surface area (Å²) in [5.74, 6) is -0.810. The predicted molar refractivity (Wildman–Crippen MR) is 105 cm³/mol. The van der Waals surface area contributed by atoms with E-state index < -0.39 is 5.92 Å². The van der Waals surface area contributed by atoms with E-state index in [1.807, 2.05) is 42.6 Å². The third-order valence-corrected chi connectivity index (χ3v) is 6.43. The van der Waals surface area contributed by atoms with Gasteiger partial charge in [-0.1, -0.05) is 53.4 Å². The lowest BCUT2D eigenvalue weighted by molar-refractivity contribution is -0.116. The largest absolute Gasteiger partial charge is 0.356 e. The van der Waals surface area contributed by atoms with E-state index in [9.17, 15) is 10.1 Å². The summed E-state index contributed by atoms with van der Waals surface area (Å²) in [5, 5.41) is 23.8. The van der Waals surface area contributed by atoms with Crippen LogP contribution in [0.15, 0.2) is 40.1 Å². The summed E-state index contributed by atoms with van der Waals surface area (Å²) < 4.78 is 0.695. The molecule has 0 unspecified atom stereocenters. The maximum Gasteiger partial charge on any atom is 0.206 e. The Bertz CT molecular complexity index is 916. The van der Waals surface area contributed by atoms with Gasteiger partial charge in [-0.25, -0.2) is 4.98 Å². The molecule has 0 bridgehead atoms. The zero-order valence-corrected chi connectivity index (χ0v) is 16.3. The number of hydrogen-bond donors (Lipinski definition) is 1. The number of nitriles is 1. The number of carbonyl (C=O) groups excluding carboxylic acids is 1. The van der Waals surface area contributed by atoms with Crippen molar-refractivity contribution < 1.29 is 4.79 Å². The van der Waals surface area contributed by atoms with Crippen LogP contribution in [0.1, 0.15) is 22.2 Å². The summed E-state index contributed by atoms with van der Waals surface area (Å²) >= 11 is 4.03. The highest BCUT2D eigenvalue weighted by Crippen LogP contribution is 2.28. The number of nitrogens with one attached hydrogen (secondary N) is 1. The molecule has 6 nitrogen and oxygen atoms in total. The Hall–Kier alpha value is -2.28. The monoisotopic (exact) mass is 401 g/mol. The third-order valence-electron chi connectivity index (χ3n) is 3.37. The molecule has 9 heteroatoms. The first-order chi connectivity index (χ1) is 12.7. The topological polar surface area (TPSA) is 91.6 Å². The molecule has 0 fully saturated rings. The Morgan fingerprint density at radius 2 is 2.15 bits per heavy atom. The molecule has 0 spiro atoms. The van der Waals surface area contributed by atoms with Crippen molar-refractivity contribution in [1.82, 2.24) is 15.2 Å². The Kier molecular flexibility index (Phi) is 6.33. The highest BCUT2D eigenvalue weighted by atomic mass is 32.2. The van der Waals surface area contributed by atoms with Crippen LogP contribution in [0.25, 0.3) is 0 Å². The maximum absolute atomic E-state index is 12.3. The first kappa shape index (κ1) is 18.5. The minimum Gasteiger partial charge on any atom is -0.356 e. The van der Waals surface area contributed by atoms with Crippen molar-refractivity contribution in [3.05, 3.63) is 52.0 Å². The average Bonchev–Trinajstić information content (AvgIpc) is 3.29. The molecule has 0 saturated heterocycles. The summed E-state index contributed by atoms with van der Waals surface area (Å²) in [4.78, 5) is 16.6. The van der Waals surface area contributed by atoms with Gasteiger partial charge in [0.1, 0.15) is 5.01 Å². The third kappa shape index (κ3) is 4.88. The van der Waals surface area contributed by atoms with E-state index in [4.69, 9.17) is 0 Å².